The zero-order valence-corrected chi connectivity index (χ0v) is 81.7. The Hall–Kier alpha value is -4.74. The Morgan fingerprint density at radius 2 is 0.847 bits per heavy atom. The average molecular weight is 1890 g/mol. The van der Waals surface area contributed by atoms with Gasteiger partial charge in [0.15, 0.2) is 19.9 Å². The van der Waals surface area contributed by atoms with E-state index in [1.807, 2.05) is 6.07 Å². The van der Waals surface area contributed by atoms with Gasteiger partial charge in [-0.15, -0.1) is 0 Å². The number of ether oxygens (including phenoxy) is 16. The smallest absolute Gasteiger partial charge is 0.373 e. The van der Waals surface area contributed by atoms with Crippen molar-refractivity contribution in [3.05, 3.63) is 120 Å². The predicted octanol–water partition coefficient (Wildman–Crippen LogP) is 14.6. The maximum absolute atomic E-state index is 10.3. The highest BCUT2D eigenvalue weighted by molar-refractivity contribution is 7.52. The number of benzene rings is 2. The Kier molecular flexibility index (Phi) is 36.7. The molecule has 12 bridgehead atoms. The fraction of sp³-hybridized carbons (Fsp3) is 0.782. The van der Waals surface area contributed by atoms with E-state index in [2.05, 4.69) is 163 Å². The number of aliphatic hydroxyl groups is 2. The highest BCUT2D eigenvalue weighted by Gasteiger charge is 2.71. The summed E-state index contributed by atoms with van der Waals surface area (Å²) in [6.07, 6.45) is 22.6. The van der Waals surface area contributed by atoms with Crippen LogP contribution in [-0.4, -0.2) is 249 Å². The number of hydrogen-bond donors (Lipinski definition) is 2. The molecule has 27 nitrogen and oxygen atoms in total. The van der Waals surface area contributed by atoms with Crippen LogP contribution in [-0.2, 0) is 135 Å². The Morgan fingerprint density at radius 1 is 0.473 bits per heavy atom. The maximum atomic E-state index is 10.3. The van der Waals surface area contributed by atoms with Crippen molar-refractivity contribution >= 4 is 43.8 Å². The number of aliphatic hydroxyl groups excluding tert-OH is 2. The molecule has 0 radical (unpaired) electrons. The molecule has 0 amide bonds. The van der Waals surface area contributed by atoms with E-state index in [-0.39, 0.29) is 207 Å². The number of rotatable bonds is 30. The lowest BCUT2D eigenvalue weighted by molar-refractivity contribution is -0.293. The van der Waals surface area contributed by atoms with Gasteiger partial charge in [0.2, 0.25) is 0 Å². The molecule has 18 saturated heterocycles. The molecule has 18 aliphatic heterocycles. The second-order valence-electron chi connectivity index (χ2n) is 42.0. The van der Waals surface area contributed by atoms with Gasteiger partial charge in [0.25, 0.3) is 0 Å². The summed E-state index contributed by atoms with van der Waals surface area (Å²) in [4.78, 5) is 32.5. The molecule has 20 rings (SSSR count). The molecule has 6 unspecified atom stereocenters. The van der Waals surface area contributed by atoms with Gasteiger partial charge in [-0.25, -0.2) is 0 Å². The summed E-state index contributed by atoms with van der Waals surface area (Å²) < 4.78 is 148. The van der Waals surface area contributed by atoms with Gasteiger partial charge in [-0.1, -0.05) is 156 Å². The fourth-order valence-electron chi connectivity index (χ4n) is 24.1. The van der Waals surface area contributed by atoms with Crippen molar-refractivity contribution in [2.24, 2.45) is 41.4 Å². The monoisotopic (exact) mass is 1880 g/mol. The van der Waals surface area contributed by atoms with Crippen molar-refractivity contribution < 1.29 is 126 Å². The molecule has 730 valence electrons. The molecular formula is C101H148O27S2Si. The molecule has 2 N–H and O–H groups in total. The Labute approximate surface area is 783 Å². The van der Waals surface area contributed by atoms with Gasteiger partial charge in [0.1, 0.15) is 61.0 Å². The van der Waals surface area contributed by atoms with Crippen LogP contribution in [0.15, 0.2) is 109 Å². The van der Waals surface area contributed by atoms with Crippen LogP contribution in [0, 0.1) is 41.4 Å². The Balaban J connectivity index is 0.000000200. The third-order valence-corrected chi connectivity index (χ3v) is 36.9. The lowest BCUT2D eigenvalue weighted by Gasteiger charge is -2.47. The third kappa shape index (κ3) is 24.6. The van der Waals surface area contributed by atoms with Crippen molar-refractivity contribution in [3.63, 3.8) is 0 Å². The molecule has 18 heterocycles. The largest absolute Gasteiger partial charge is 0.417 e. The van der Waals surface area contributed by atoms with Gasteiger partial charge in [-0.3, -0.25) is 0 Å². The number of hydrogen-bond acceptors (Lipinski definition) is 27. The minimum absolute atomic E-state index is 0.00101. The van der Waals surface area contributed by atoms with Crippen LogP contribution in [0.2, 0.25) is 18.1 Å². The molecule has 30 heteroatoms. The van der Waals surface area contributed by atoms with E-state index < -0.39 is 49.1 Å². The van der Waals surface area contributed by atoms with E-state index in [0.717, 1.165) is 178 Å². The van der Waals surface area contributed by atoms with Crippen LogP contribution in [0.25, 0.3) is 0 Å². The standard InChI is InChI=1S/C53H82O9Si.C46H66O10.2CO2.2O2S/c1-12-37-18-21-42-47(57-37)51-50-49(59-42)48-46(60-50)29-53(61-48,62-51)23-22-39-26-33(4)41(55-39)20-19-38-25-32(3)34(5)44(56-38)28-45-40(27-36-16-14-13-15-17-36)35(6)43(58-45)24-31(2)30-54-63(10,11)52(7,8)9;1-6-31-12-15-36-41(51-31)45-44-43(53-36)42-40(54-44)23-46(55-42,56-45)17-16-33-19-26(3)35(49-33)14-13-32-18-25(2)27(4)38(50-32)22-39-34(20-29-10-8-7-9-11-29)28(5)37(52-39)21-30(48)24-47;2*2-1-3;2*1-3-2/h13-17,31-32,35,37-51H,4-5,12,18-30H2,1-3,6-11H3;7-11,25,28,30-45,47-48H,3-4,6,12-24H2,1-2,5H3;;;;/t31-,32+,35+,37-,38?,39?,40+,41-,42-,43+,44+,45?,46+,47-,48-,49-,50+,51-,53-;25-,28-,30+,31+,32?,33?,34-,35+,36+,37-,38-,39?,40-,41+,42+,43+,44-,45+,46+;;;;/m01..../s1. The zero-order chi connectivity index (χ0) is 94.0. The fourth-order valence-corrected chi connectivity index (χ4v) is 25.2. The SMILES string of the molecule is C=C1CC(CC[C@@]23C[C@H]4O[C@H]5[C@@H](O2)[C@H]2O[C@@H](CC)CC[C@@H]2O[C@H]5[C@H]4O3)O[C@H]1CCC1C[C@@H](C)C(=C)[C@@H](CC2O[C@H](C[C@H](C)CO[Si](C)(C)C(C)(C)C)[C@H](C)[C@H]2Cc2ccccc2)O1.C=C1CC(CC[C@@]23C[C@H]4O[C@H]5[C@@H](O2)[C@H]2O[C@@H](CC)CC[C@@H]2O[C@H]5[C@H]4O3)O[C@H]1CCC1C[C@@H](C)C(=C)[C@@H](CC2O[C@H](C[C@H](O)CO)[C@H](C)[C@H]2Cc2ccccc2)O1.O=C=O.O=C=O.O=S=O.O=S=O. The Morgan fingerprint density at radius 3 is 1.24 bits per heavy atom. The second-order valence-corrected chi connectivity index (χ2v) is 47.1. The molecule has 0 aromatic heterocycles. The first-order valence-corrected chi connectivity index (χ1v) is 53.1. The van der Waals surface area contributed by atoms with Crippen LogP contribution in [0.1, 0.15) is 234 Å². The molecule has 0 spiro atoms. The van der Waals surface area contributed by atoms with Gasteiger partial charge >= 0.3 is 35.4 Å². The number of carbonyl (C=O) groups excluding carboxylic acids is 4. The molecular weight excluding hydrogens is 1740 g/mol. The maximum Gasteiger partial charge on any atom is 0.373 e. The highest BCUT2D eigenvalue weighted by Crippen LogP contribution is 2.58. The highest BCUT2D eigenvalue weighted by atomic mass is 32.1. The van der Waals surface area contributed by atoms with Crippen molar-refractivity contribution in [2.75, 3.05) is 13.2 Å². The summed E-state index contributed by atoms with van der Waals surface area (Å²) in [6, 6.07) is 21.6. The molecule has 18 fully saturated rings. The minimum atomic E-state index is -1.82. The van der Waals surface area contributed by atoms with Gasteiger partial charge in [0.05, 0.1) is 123 Å². The summed E-state index contributed by atoms with van der Waals surface area (Å²) in [6.45, 7) is 46.3. The lowest BCUT2D eigenvalue weighted by Crippen LogP contribution is -2.61. The van der Waals surface area contributed by atoms with Crippen molar-refractivity contribution in [1.82, 2.24) is 0 Å². The third-order valence-electron chi connectivity index (χ3n) is 32.4. The topological polar surface area (TPSA) is 334 Å². The Bertz CT molecular complexity index is 4160. The zero-order valence-electron chi connectivity index (χ0n) is 79.1. The van der Waals surface area contributed by atoms with Crippen LogP contribution in [0.4, 0.5) is 0 Å². The summed E-state index contributed by atoms with van der Waals surface area (Å²) in [7, 11) is -1.82. The molecule has 18 aliphatic rings. The van der Waals surface area contributed by atoms with Crippen molar-refractivity contribution in [1.29, 1.82) is 0 Å². The summed E-state index contributed by atoms with van der Waals surface area (Å²) in [5.74, 6) is 1.12. The number of fused-ring (bicyclic) bond motifs is 2. The predicted molar refractivity (Wildman–Crippen MR) is 485 cm³/mol. The summed E-state index contributed by atoms with van der Waals surface area (Å²) >= 11 is -1.50. The molecule has 0 aliphatic carbocycles. The first-order valence-electron chi connectivity index (χ1n) is 48.9. The van der Waals surface area contributed by atoms with Crippen molar-refractivity contribution in [2.45, 2.75) is 443 Å². The summed E-state index contributed by atoms with van der Waals surface area (Å²) in [5, 5.41) is 20.1. The van der Waals surface area contributed by atoms with Crippen LogP contribution in [0.5, 0.6) is 0 Å². The van der Waals surface area contributed by atoms with E-state index in [4.69, 9.17) is 116 Å². The van der Waals surface area contributed by atoms with Crippen LogP contribution < -0.4 is 0 Å². The van der Waals surface area contributed by atoms with Crippen LogP contribution in [0.3, 0.4) is 0 Å². The van der Waals surface area contributed by atoms with Gasteiger partial charge in [-0.2, -0.15) is 36.0 Å². The van der Waals surface area contributed by atoms with E-state index in [1.165, 1.54) is 22.3 Å². The van der Waals surface area contributed by atoms with E-state index >= 15 is 0 Å². The minimum Gasteiger partial charge on any atom is -0.417 e. The quantitative estimate of drug-likeness (QED) is 0.0542. The molecule has 2 aromatic rings. The van der Waals surface area contributed by atoms with Gasteiger partial charge in [0, 0.05) is 51.6 Å². The van der Waals surface area contributed by atoms with Crippen LogP contribution >= 0.6 is 0 Å². The van der Waals surface area contributed by atoms with E-state index in [0.29, 0.717) is 36.0 Å². The average Bonchev–Trinajstić information content (AvgIpc) is 1.55. The van der Waals surface area contributed by atoms with Gasteiger partial charge in [-0.05, 0) is 215 Å². The van der Waals surface area contributed by atoms with Crippen molar-refractivity contribution in [3.8, 4) is 0 Å². The molecule has 131 heavy (non-hydrogen) atoms. The molecule has 38 atom stereocenters. The normalized spacial score (nSPS) is 41.7. The van der Waals surface area contributed by atoms with E-state index in [1.54, 1.807) is 0 Å². The molecule has 2 aromatic carbocycles. The summed E-state index contributed by atoms with van der Waals surface area (Å²) in [5.41, 5.74) is 7.38. The van der Waals surface area contributed by atoms with E-state index in [9.17, 15) is 10.2 Å². The second kappa shape index (κ2) is 46.4. The first-order chi connectivity index (χ1) is 62.7. The molecule has 0 saturated carbocycles. The van der Waals surface area contributed by atoms with Gasteiger partial charge < -0.3 is 90.4 Å². The first kappa shape index (κ1) is 104. The lowest BCUT2D eigenvalue weighted by atomic mass is 9.78.